The number of sulfonamides is 1. The van der Waals surface area contributed by atoms with Crippen molar-refractivity contribution in [2.24, 2.45) is 0 Å². The maximum atomic E-state index is 13.6. The van der Waals surface area contributed by atoms with Gasteiger partial charge in [-0.2, -0.15) is 4.31 Å². The number of rotatable bonds is 7. The third-order valence-corrected chi connectivity index (χ3v) is 6.38. The molecule has 1 atom stereocenters. The van der Waals surface area contributed by atoms with Gasteiger partial charge in [-0.25, -0.2) is 17.2 Å². The Bertz CT molecular complexity index is 1080. The van der Waals surface area contributed by atoms with Gasteiger partial charge in [0, 0.05) is 24.7 Å². The quantitative estimate of drug-likeness (QED) is 0.657. The van der Waals surface area contributed by atoms with Crippen molar-refractivity contribution in [3.63, 3.8) is 0 Å². The summed E-state index contributed by atoms with van der Waals surface area (Å²) >= 11 is 0. The van der Waals surface area contributed by atoms with Crippen LogP contribution in [0.15, 0.2) is 47.4 Å². The smallest absolute Gasteiger partial charge is 0.251 e. The monoisotopic (exact) mass is 453 g/mol. The molecule has 2 aromatic rings. The first-order valence-electron chi connectivity index (χ1n) is 9.42. The molecule has 8 nitrogen and oxygen atoms in total. The first kappa shape index (κ1) is 22.6. The summed E-state index contributed by atoms with van der Waals surface area (Å²) < 4.78 is 58.1. The zero-order chi connectivity index (χ0) is 22.6. The van der Waals surface area contributed by atoms with Crippen molar-refractivity contribution < 1.29 is 31.5 Å². The third-order valence-electron chi connectivity index (χ3n) is 4.52. The van der Waals surface area contributed by atoms with Gasteiger partial charge in [-0.3, -0.25) is 9.59 Å². The molecule has 11 heteroatoms. The largest absolute Gasteiger partial charge is 0.488 e. The standard InChI is InChI=1S/C20H21F2N3O5S/c1-13(12-30-18-7-4-15(21)10-17(18)22)24-20(27)14-2-5-16(6-3-14)31(28,29)25-9-8-23-19(26)11-25/h2-7,10,13H,8-9,11-12H2,1H3,(H,23,26)(H,24,27). The summed E-state index contributed by atoms with van der Waals surface area (Å²) in [5.41, 5.74) is 0.218. The highest BCUT2D eigenvalue weighted by Crippen LogP contribution is 2.19. The lowest BCUT2D eigenvalue weighted by atomic mass is 10.2. The SMILES string of the molecule is CC(COc1ccc(F)cc1F)NC(=O)c1ccc(S(=O)(=O)N2CCNC(=O)C2)cc1. The molecular weight excluding hydrogens is 432 g/mol. The zero-order valence-electron chi connectivity index (χ0n) is 16.6. The third kappa shape index (κ3) is 5.56. The van der Waals surface area contributed by atoms with Crippen molar-refractivity contribution in [2.75, 3.05) is 26.2 Å². The summed E-state index contributed by atoms with van der Waals surface area (Å²) in [6, 6.07) is 7.73. The Kier molecular flexibility index (Phi) is 6.86. The maximum Gasteiger partial charge on any atom is 0.251 e. The molecule has 1 saturated heterocycles. The molecule has 0 bridgehead atoms. The molecule has 31 heavy (non-hydrogen) atoms. The van der Waals surface area contributed by atoms with Gasteiger partial charge in [-0.15, -0.1) is 0 Å². The van der Waals surface area contributed by atoms with Crippen molar-refractivity contribution in [2.45, 2.75) is 17.9 Å². The number of nitrogens with zero attached hydrogens (tertiary/aromatic N) is 1. The number of ether oxygens (including phenoxy) is 1. The second-order valence-electron chi connectivity index (χ2n) is 6.97. The van der Waals surface area contributed by atoms with Gasteiger partial charge in [0.15, 0.2) is 11.6 Å². The van der Waals surface area contributed by atoms with E-state index in [1.807, 2.05) is 0 Å². The second-order valence-corrected chi connectivity index (χ2v) is 8.91. The summed E-state index contributed by atoms with van der Waals surface area (Å²) in [4.78, 5) is 23.8. The molecular formula is C20H21F2N3O5S. The Labute approximate surface area is 178 Å². The Balaban J connectivity index is 1.58. The molecule has 1 aliphatic heterocycles. The number of carbonyl (C=O) groups is 2. The molecule has 0 saturated carbocycles. The highest BCUT2D eigenvalue weighted by Gasteiger charge is 2.29. The second kappa shape index (κ2) is 9.40. The summed E-state index contributed by atoms with van der Waals surface area (Å²) in [5.74, 6) is -2.55. The first-order valence-corrected chi connectivity index (χ1v) is 10.9. The molecule has 1 heterocycles. The van der Waals surface area contributed by atoms with Crippen LogP contribution in [0.5, 0.6) is 5.75 Å². The minimum Gasteiger partial charge on any atom is -0.488 e. The number of amides is 2. The van der Waals surface area contributed by atoms with Crippen LogP contribution in [0, 0.1) is 11.6 Å². The van der Waals surface area contributed by atoms with Crippen LogP contribution in [0.3, 0.4) is 0 Å². The predicted molar refractivity (Wildman–Crippen MR) is 107 cm³/mol. The predicted octanol–water partition coefficient (Wildman–Crippen LogP) is 1.28. The lowest BCUT2D eigenvalue weighted by Gasteiger charge is -2.25. The normalized spacial score (nSPS) is 15.8. The molecule has 0 aromatic heterocycles. The molecule has 1 fully saturated rings. The van der Waals surface area contributed by atoms with E-state index in [0.29, 0.717) is 6.07 Å². The number of benzene rings is 2. The van der Waals surface area contributed by atoms with E-state index in [1.165, 1.54) is 24.3 Å². The number of piperazine rings is 1. The number of hydrogen-bond donors (Lipinski definition) is 2. The van der Waals surface area contributed by atoms with Crippen LogP contribution in [-0.2, 0) is 14.8 Å². The van der Waals surface area contributed by atoms with Gasteiger partial charge in [0.1, 0.15) is 12.4 Å². The van der Waals surface area contributed by atoms with E-state index in [-0.39, 0.29) is 48.4 Å². The Morgan fingerprint density at radius 3 is 2.58 bits per heavy atom. The molecule has 0 radical (unpaired) electrons. The van der Waals surface area contributed by atoms with Crippen molar-refractivity contribution in [3.05, 3.63) is 59.7 Å². The molecule has 2 amide bonds. The van der Waals surface area contributed by atoms with E-state index < -0.39 is 33.6 Å². The first-order chi connectivity index (χ1) is 14.7. The minimum absolute atomic E-state index is 0.0260. The van der Waals surface area contributed by atoms with Crippen LogP contribution in [-0.4, -0.2) is 56.8 Å². The van der Waals surface area contributed by atoms with Gasteiger partial charge in [0.2, 0.25) is 15.9 Å². The number of halogens is 2. The van der Waals surface area contributed by atoms with E-state index in [0.717, 1.165) is 16.4 Å². The van der Waals surface area contributed by atoms with Gasteiger partial charge >= 0.3 is 0 Å². The lowest BCUT2D eigenvalue weighted by Crippen LogP contribution is -2.49. The highest BCUT2D eigenvalue weighted by atomic mass is 32.2. The van der Waals surface area contributed by atoms with Gasteiger partial charge in [-0.1, -0.05) is 0 Å². The van der Waals surface area contributed by atoms with Crippen LogP contribution in [0.2, 0.25) is 0 Å². The Morgan fingerprint density at radius 1 is 1.23 bits per heavy atom. The molecule has 2 N–H and O–H groups in total. The molecule has 1 aliphatic rings. The van der Waals surface area contributed by atoms with Crippen molar-refractivity contribution in [1.82, 2.24) is 14.9 Å². The zero-order valence-corrected chi connectivity index (χ0v) is 17.4. The fraction of sp³-hybridized carbons (Fsp3) is 0.300. The minimum atomic E-state index is -3.85. The molecule has 3 rings (SSSR count). The van der Waals surface area contributed by atoms with Crippen LogP contribution in [0.25, 0.3) is 0 Å². The topological polar surface area (TPSA) is 105 Å². The van der Waals surface area contributed by atoms with Crippen LogP contribution in [0.1, 0.15) is 17.3 Å². The average Bonchev–Trinajstić information content (AvgIpc) is 2.73. The van der Waals surface area contributed by atoms with E-state index in [2.05, 4.69) is 10.6 Å². The van der Waals surface area contributed by atoms with Crippen molar-refractivity contribution in [1.29, 1.82) is 0 Å². The fourth-order valence-corrected chi connectivity index (χ4v) is 4.30. The van der Waals surface area contributed by atoms with Gasteiger partial charge in [0.25, 0.3) is 5.91 Å². The van der Waals surface area contributed by atoms with Crippen LogP contribution >= 0.6 is 0 Å². The summed E-state index contributed by atoms with van der Waals surface area (Å²) in [5, 5.41) is 5.21. The van der Waals surface area contributed by atoms with Gasteiger partial charge in [0.05, 0.1) is 17.5 Å². The van der Waals surface area contributed by atoms with Crippen LogP contribution in [0.4, 0.5) is 8.78 Å². The highest BCUT2D eigenvalue weighted by molar-refractivity contribution is 7.89. The Hall–Kier alpha value is -3.05. The van der Waals surface area contributed by atoms with E-state index in [4.69, 9.17) is 4.74 Å². The molecule has 0 aliphatic carbocycles. The molecule has 166 valence electrons. The molecule has 1 unspecified atom stereocenters. The average molecular weight is 453 g/mol. The van der Waals surface area contributed by atoms with E-state index in [1.54, 1.807) is 6.92 Å². The van der Waals surface area contributed by atoms with Crippen molar-refractivity contribution in [3.8, 4) is 5.75 Å². The summed E-state index contributed by atoms with van der Waals surface area (Å²) in [7, 11) is -3.85. The Morgan fingerprint density at radius 2 is 1.94 bits per heavy atom. The number of nitrogens with one attached hydrogen (secondary N) is 2. The van der Waals surface area contributed by atoms with Gasteiger partial charge in [-0.05, 0) is 43.3 Å². The lowest BCUT2D eigenvalue weighted by molar-refractivity contribution is -0.122. The fourth-order valence-electron chi connectivity index (χ4n) is 2.90. The maximum absolute atomic E-state index is 13.6. The van der Waals surface area contributed by atoms with Crippen LogP contribution < -0.4 is 15.4 Å². The van der Waals surface area contributed by atoms with E-state index in [9.17, 15) is 26.8 Å². The van der Waals surface area contributed by atoms with E-state index >= 15 is 0 Å². The van der Waals surface area contributed by atoms with Gasteiger partial charge < -0.3 is 15.4 Å². The number of carbonyl (C=O) groups excluding carboxylic acids is 2. The number of hydrogen-bond acceptors (Lipinski definition) is 5. The summed E-state index contributed by atoms with van der Waals surface area (Å²) in [6.45, 7) is 1.73. The summed E-state index contributed by atoms with van der Waals surface area (Å²) in [6.07, 6.45) is 0. The van der Waals surface area contributed by atoms with Crippen molar-refractivity contribution >= 4 is 21.8 Å². The molecule has 0 spiro atoms. The molecule has 2 aromatic carbocycles.